The van der Waals surface area contributed by atoms with Gasteiger partial charge in [0.15, 0.2) is 0 Å². The van der Waals surface area contributed by atoms with E-state index in [2.05, 4.69) is 72.4 Å². The largest absolute Gasteiger partial charge is 0.497 e. The Hall–Kier alpha value is -4.78. The Morgan fingerprint density at radius 3 is 2.60 bits per heavy atom. The van der Waals surface area contributed by atoms with Crippen LogP contribution in [-0.2, 0) is 19.5 Å². The lowest BCUT2D eigenvalue weighted by atomic mass is 10.00. The number of hydrogen-bond acceptors (Lipinski definition) is 3. The van der Waals surface area contributed by atoms with Crippen molar-refractivity contribution in [1.29, 1.82) is 0 Å². The monoisotopic (exact) mass is 531 g/mol. The number of nitrogens with one attached hydrogen (secondary N) is 1. The summed E-state index contributed by atoms with van der Waals surface area (Å²) in [5.74, 6) is 1.74. The first kappa shape index (κ1) is 25.5. The number of carbonyl (C=O) groups excluding carboxylic acids is 1. The molecule has 0 saturated heterocycles. The van der Waals surface area contributed by atoms with Gasteiger partial charge in [0.25, 0.3) is 0 Å². The molecule has 1 atom stereocenters. The summed E-state index contributed by atoms with van der Waals surface area (Å²) in [4.78, 5) is 16.1. The number of urea groups is 1. The summed E-state index contributed by atoms with van der Waals surface area (Å²) in [5.41, 5.74) is 7.23. The van der Waals surface area contributed by atoms with Gasteiger partial charge in [-0.3, -0.25) is 0 Å². The smallest absolute Gasteiger partial charge is 0.318 e. The second-order valence-electron chi connectivity index (χ2n) is 10.1. The minimum atomic E-state index is -0.290. The molecule has 3 aromatic carbocycles. The van der Waals surface area contributed by atoms with E-state index in [9.17, 15) is 4.79 Å². The fraction of sp³-hybridized carbons (Fsp3) is 0.212. The molecule has 5 aromatic rings. The number of para-hydroxylation sites is 1. The molecule has 0 bridgehead atoms. The lowest BCUT2D eigenvalue weighted by molar-refractivity contribution is 0.180. The highest BCUT2D eigenvalue weighted by Gasteiger charge is 2.36. The van der Waals surface area contributed by atoms with Crippen molar-refractivity contribution in [2.24, 2.45) is 0 Å². The number of ether oxygens (including phenoxy) is 1. The van der Waals surface area contributed by atoms with Gasteiger partial charge < -0.3 is 19.5 Å². The van der Waals surface area contributed by atoms with E-state index in [-0.39, 0.29) is 12.1 Å². The number of aromatic nitrogens is 3. The van der Waals surface area contributed by atoms with Crippen LogP contribution in [0.3, 0.4) is 0 Å². The Bertz CT molecular complexity index is 1650. The van der Waals surface area contributed by atoms with E-state index in [0.29, 0.717) is 13.1 Å². The van der Waals surface area contributed by atoms with Gasteiger partial charge in [-0.05, 0) is 60.9 Å². The number of aryl methyl sites for hydroxylation is 2. The molecule has 1 aliphatic heterocycles. The molecule has 0 saturated carbocycles. The molecule has 202 valence electrons. The van der Waals surface area contributed by atoms with Crippen molar-refractivity contribution in [1.82, 2.24) is 24.6 Å². The van der Waals surface area contributed by atoms with Gasteiger partial charge in [-0.25, -0.2) is 9.48 Å². The van der Waals surface area contributed by atoms with E-state index in [1.807, 2.05) is 58.1 Å². The fourth-order valence-corrected chi connectivity index (χ4v) is 5.60. The van der Waals surface area contributed by atoms with Crippen LogP contribution in [0, 0.1) is 6.92 Å². The highest BCUT2D eigenvalue weighted by molar-refractivity contribution is 5.76. The first-order valence-electron chi connectivity index (χ1n) is 13.6. The third kappa shape index (κ3) is 4.64. The normalized spacial score (nSPS) is 14.3. The van der Waals surface area contributed by atoms with E-state index >= 15 is 0 Å². The molecular weight excluding hydrogens is 498 g/mol. The zero-order valence-corrected chi connectivity index (χ0v) is 23.0. The molecule has 0 spiro atoms. The summed E-state index contributed by atoms with van der Waals surface area (Å²) in [6, 6.07) is 30.1. The van der Waals surface area contributed by atoms with Gasteiger partial charge in [0.1, 0.15) is 11.6 Å². The van der Waals surface area contributed by atoms with Crippen LogP contribution in [0.15, 0.2) is 97.2 Å². The van der Waals surface area contributed by atoms with Crippen molar-refractivity contribution in [2.75, 3.05) is 7.11 Å². The van der Waals surface area contributed by atoms with Crippen molar-refractivity contribution < 1.29 is 9.53 Å². The zero-order chi connectivity index (χ0) is 27.6. The van der Waals surface area contributed by atoms with E-state index in [4.69, 9.17) is 9.84 Å². The maximum absolute atomic E-state index is 14.1. The Morgan fingerprint density at radius 1 is 1.00 bits per heavy atom. The van der Waals surface area contributed by atoms with Gasteiger partial charge in [0, 0.05) is 18.3 Å². The summed E-state index contributed by atoms with van der Waals surface area (Å²) in [6.45, 7) is 5.02. The van der Waals surface area contributed by atoms with Crippen molar-refractivity contribution >= 4 is 6.03 Å². The highest BCUT2D eigenvalue weighted by Crippen LogP contribution is 2.39. The number of methoxy groups -OCH3 is 1. The number of hydrogen-bond donors (Lipinski definition) is 1. The maximum atomic E-state index is 14.1. The predicted octanol–water partition coefficient (Wildman–Crippen LogP) is 6.36. The van der Waals surface area contributed by atoms with E-state index in [1.165, 1.54) is 0 Å². The number of benzene rings is 3. The van der Waals surface area contributed by atoms with Crippen LogP contribution in [-0.4, -0.2) is 32.4 Å². The first-order chi connectivity index (χ1) is 19.6. The van der Waals surface area contributed by atoms with Gasteiger partial charge >= 0.3 is 6.03 Å². The fourth-order valence-electron chi connectivity index (χ4n) is 5.60. The van der Waals surface area contributed by atoms with Gasteiger partial charge in [0.2, 0.25) is 0 Å². The minimum absolute atomic E-state index is 0.135. The summed E-state index contributed by atoms with van der Waals surface area (Å²) in [6.07, 6.45) is 2.84. The third-order valence-electron chi connectivity index (χ3n) is 7.50. The van der Waals surface area contributed by atoms with Crippen molar-refractivity contribution in [3.8, 4) is 17.3 Å². The van der Waals surface area contributed by atoms with Crippen LogP contribution in [0.1, 0.15) is 46.6 Å². The van der Waals surface area contributed by atoms with Crippen LogP contribution < -0.4 is 10.1 Å². The molecule has 40 heavy (non-hydrogen) atoms. The van der Waals surface area contributed by atoms with E-state index in [1.54, 1.807) is 7.11 Å². The SMILES string of the molecule is CCc1nn(-c2ccccc2)c2c1CN(C(=O)NCc1cccc(OC)c1)C(c1cccc(C)c1)c1cccn1-2. The molecule has 1 unspecified atom stereocenters. The molecule has 7 nitrogen and oxygen atoms in total. The lowest BCUT2D eigenvalue weighted by Crippen LogP contribution is -2.41. The number of fused-ring (bicyclic) bond motifs is 3. The molecule has 0 fully saturated rings. The molecular formula is C33H33N5O2. The Kier molecular flexibility index (Phi) is 6.86. The highest BCUT2D eigenvalue weighted by atomic mass is 16.5. The van der Waals surface area contributed by atoms with Crippen LogP contribution in [0.25, 0.3) is 11.5 Å². The number of amides is 2. The van der Waals surface area contributed by atoms with Crippen LogP contribution in [0.5, 0.6) is 5.75 Å². The molecule has 2 amide bonds. The van der Waals surface area contributed by atoms with Crippen LogP contribution >= 0.6 is 0 Å². The van der Waals surface area contributed by atoms with Crippen molar-refractivity contribution in [2.45, 2.75) is 39.4 Å². The summed E-state index contributed by atoms with van der Waals surface area (Å²) < 4.78 is 9.60. The van der Waals surface area contributed by atoms with Gasteiger partial charge in [-0.2, -0.15) is 5.10 Å². The predicted molar refractivity (Wildman–Crippen MR) is 156 cm³/mol. The second kappa shape index (κ2) is 10.8. The Morgan fingerprint density at radius 2 is 1.82 bits per heavy atom. The number of rotatable bonds is 6. The first-order valence-corrected chi connectivity index (χ1v) is 13.6. The average molecular weight is 532 g/mol. The van der Waals surface area contributed by atoms with E-state index in [0.717, 1.165) is 57.3 Å². The quantitative estimate of drug-likeness (QED) is 0.277. The molecule has 6 rings (SSSR count). The second-order valence-corrected chi connectivity index (χ2v) is 10.1. The third-order valence-corrected chi connectivity index (χ3v) is 7.50. The lowest BCUT2D eigenvalue weighted by Gasteiger charge is -2.31. The molecule has 0 radical (unpaired) electrons. The van der Waals surface area contributed by atoms with Crippen LogP contribution in [0.2, 0.25) is 0 Å². The number of carbonyl (C=O) groups is 1. The standard InChI is InChI=1S/C33H33N5O2/c1-4-29-28-22-37(33(39)34-21-24-12-9-16-27(20-24)40-3)31(25-13-8-11-23(2)19-25)30-17-10-18-36(30)32(28)38(35-29)26-14-6-5-7-15-26/h5-20,31H,4,21-22H2,1-3H3,(H,34,39). The van der Waals surface area contributed by atoms with Crippen molar-refractivity contribution in [3.63, 3.8) is 0 Å². The summed E-state index contributed by atoms with van der Waals surface area (Å²) in [7, 11) is 1.65. The summed E-state index contributed by atoms with van der Waals surface area (Å²) in [5, 5.41) is 8.23. The zero-order valence-electron chi connectivity index (χ0n) is 23.0. The Balaban J connectivity index is 1.48. The maximum Gasteiger partial charge on any atom is 0.318 e. The molecule has 0 aliphatic carbocycles. The van der Waals surface area contributed by atoms with Gasteiger partial charge in [-0.1, -0.05) is 67.1 Å². The average Bonchev–Trinajstić information content (AvgIpc) is 3.57. The molecule has 1 aliphatic rings. The van der Waals surface area contributed by atoms with Gasteiger partial charge in [-0.15, -0.1) is 0 Å². The molecule has 3 heterocycles. The van der Waals surface area contributed by atoms with Crippen LogP contribution in [0.4, 0.5) is 4.79 Å². The molecule has 2 aromatic heterocycles. The summed E-state index contributed by atoms with van der Waals surface area (Å²) >= 11 is 0. The van der Waals surface area contributed by atoms with E-state index < -0.39 is 0 Å². The topological polar surface area (TPSA) is 64.3 Å². The molecule has 1 N–H and O–H groups in total. The molecule has 7 heteroatoms. The number of nitrogens with zero attached hydrogens (tertiary/aromatic N) is 4. The van der Waals surface area contributed by atoms with Crippen molar-refractivity contribution in [3.05, 3.63) is 131 Å². The minimum Gasteiger partial charge on any atom is -0.497 e. The Labute approximate surface area is 234 Å². The van der Waals surface area contributed by atoms with Gasteiger partial charge in [0.05, 0.1) is 36.8 Å².